The standard InChI is InChI=1S/C13H17FN2O/c1-9(2)8-16-12(17)7-15-13(16)10-5-3-4-6-11(10)14/h3-6,9,13,15H,7-8H2,1-2H3. The Bertz CT molecular complexity index is 420. The molecule has 2 rings (SSSR count). The van der Waals surface area contributed by atoms with Crippen LogP contribution in [0.3, 0.4) is 0 Å². The molecule has 0 spiro atoms. The van der Waals surface area contributed by atoms with E-state index in [9.17, 15) is 9.18 Å². The van der Waals surface area contributed by atoms with Gasteiger partial charge in [-0.2, -0.15) is 0 Å². The molecule has 1 aromatic carbocycles. The highest BCUT2D eigenvalue weighted by molar-refractivity contribution is 5.81. The van der Waals surface area contributed by atoms with Gasteiger partial charge in [-0.15, -0.1) is 0 Å². The first-order valence-corrected chi connectivity index (χ1v) is 5.87. The molecule has 92 valence electrons. The Morgan fingerprint density at radius 1 is 1.47 bits per heavy atom. The van der Waals surface area contributed by atoms with Gasteiger partial charge in [-0.25, -0.2) is 4.39 Å². The molecule has 1 atom stereocenters. The van der Waals surface area contributed by atoms with Crippen LogP contribution in [0, 0.1) is 11.7 Å². The third-order valence-corrected chi connectivity index (χ3v) is 2.84. The van der Waals surface area contributed by atoms with Gasteiger partial charge in [0.2, 0.25) is 5.91 Å². The number of hydrogen-bond donors (Lipinski definition) is 1. The Labute approximate surface area is 101 Å². The van der Waals surface area contributed by atoms with Crippen molar-refractivity contribution in [2.24, 2.45) is 5.92 Å². The Hall–Kier alpha value is -1.42. The minimum Gasteiger partial charge on any atom is -0.321 e. The first-order valence-electron chi connectivity index (χ1n) is 5.87. The molecule has 1 aromatic rings. The first kappa shape index (κ1) is 12.0. The number of carbonyl (C=O) groups is 1. The molecule has 0 radical (unpaired) electrons. The molecule has 1 amide bonds. The SMILES string of the molecule is CC(C)CN1C(=O)CNC1c1ccccc1F. The lowest BCUT2D eigenvalue weighted by molar-refractivity contribution is -0.128. The van der Waals surface area contributed by atoms with E-state index in [2.05, 4.69) is 5.32 Å². The summed E-state index contributed by atoms with van der Waals surface area (Å²) < 4.78 is 13.7. The number of amides is 1. The summed E-state index contributed by atoms with van der Waals surface area (Å²) in [5.41, 5.74) is 0.541. The number of carbonyl (C=O) groups excluding carboxylic acids is 1. The highest BCUT2D eigenvalue weighted by Crippen LogP contribution is 2.25. The third-order valence-electron chi connectivity index (χ3n) is 2.84. The Morgan fingerprint density at radius 3 is 2.82 bits per heavy atom. The number of nitrogens with one attached hydrogen (secondary N) is 1. The topological polar surface area (TPSA) is 32.3 Å². The van der Waals surface area contributed by atoms with Gasteiger partial charge < -0.3 is 4.90 Å². The molecule has 0 aliphatic carbocycles. The zero-order valence-corrected chi connectivity index (χ0v) is 10.1. The Kier molecular flexibility index (Phi) is 3.43. The molecule has 0 aromatic heterocycles. The monoisotopic (exact) mass is 236 g/mol. The number of halogens is 1. The lowest BCUT2D eigenvalue weighted by Crippen LogP contribution is -2.33. The van der Waals surface area contributed by atoms with Crippen LogP contribution < -0.4 is 5.32 Å². The Balaban J connectivity index is 2.25. The van der Waals surface area contributed by atoms with Gasteiger partial charge in [0.15, 0.2) is 0 Å². The summed E-state index contributed by atoms with van der Waals surface area (Å²) in [4.78, 5) is 13.5. The minimum absolute atomic E-state index is 0.0342. The predicted molar refractivity (Wildman–Crippen MR) is 63.7 cm³/mol. The molecule has 0 bridgehead atoms. The molecule has 17 heavy (non-hydrogen) atoms. The molecule has 1 unspecified atom stereocenters. The molecular weight excluding hydrogens is 219 g/mol. The van der Waals surface area contributed by atoms with Crippen molar-refractivity contribution in [2.45, 2.75) is 20.0 Å². The van der Waals surface area contributed by atoms with Crippen LogP contribution in [0.2, 0.25) is 0 Å². The van der Waals surface area contributed by atoms with Gasteiger partial charge in [0.25, 0.3) is 0 Å². The van der Waals surface area contributed by atoms with E-state index in [1.807, 2.05) is 13.8 Å². The molecule has 1 heterocycles. The van der Waals surface area contributed by atoms with Gasteiger partial charge in [0, 0.05) is 12.1 Å². The molecule has 1 fully saturated rings. The zero-order valence-electron chi connectivity index (χ0n) is 10.1. The first-order chi connectivity index (χ1) is 8.09. The molecule has 1 aliphatic rings. The van der Waals surface area contributed by atoms with Crippen LogP contribution in [-0.4, -0.2) is 23.9 Å². The lowest BCUT2D eigenvalue weighted by Gasteiger charge is -2.26. The summed E-state index contributed by atoms with van der Waals surface area (Å²) in [6.07, 6.45) is -0.328. The van der Waals surface area contributed by atoms with Gasteiger partial charge in [-0.1, -0.05) is 32.0 Å². The normalized spacial score (nSPS) is 20.4. The van der Waals surface area contributed by atoms with Crippen molar-refractivity contribution in [3.8, 4) is 0 Å². The number of hydrogen-bond acceptors (Lipinski definition) is 2. The van der Waals surface area contributed by atoms with Crippen LogP contribution in [-0.2, 0) is 4.79 Å². The van der Waals surface area contributed by atoms with Gasteiger partial charge in [0.1, 0.15) is 12.0 Å². The van der Waals surface area contributed by atoms with Crippen LogP contribution in [0.5, 0.6) is 0 Å². The summed E-state index contributed by atoms with van der Waals surface area (Å²) in [7, 11) is 0. The number of nitrogens with zero attached hydrogens (tertiary/aromatic N) is 1. The highest BCUT2D eigenvalue weighted by atomic mass is 19.1. The van der Waals surface area contributed by atoms with Crippen LogP contribution in [0.15, 0.2) is 24.3 Å². The van der Waals surface area contributed by atoms with E-state index in [-0.39, 0.29) is 24.4 Å². The maximum atomic E-state index is 13.7. The van der Waals surface area contributed by atoms with Gasteiger partial charge in [0.05, 0.1) is 6.54 Å². The maximum absolute atomic E-state index is 13.7. The average molecular weight is 236 g/mol. The molecule has 3 nitrogen and oxygen atoms in total. The van der Waals surface area contributed by atoms with Gasteiger partial charge >= 0.3 is 0 Å². The van der Waals surface area contributed by atoms with Crippen molar-refractivity contribution in [3.63, 3.8) is 0 Å². The van der Waals surface area contributed by atoms with Crippen LogP contribution >= 0.6 is 0 Å². The van der Waals surface area contributed by atoms with E-state index in [4.69, 9.17) is 0 Å². The molecule has 1 saturated heterocycles. The second-order valence-corrected chi connectivity index (χ2v) is 4.74. The summed E-state index contributed by atoms with van der Waals surface area (Å²) in [6.45, 7) is 5.02. The number of benzene rings is 1. The van der Waals surface area contributed by atoms with Gasteiger partial charge in [-0.3, -0.25) is 10.1 Å². The fraction of sp³-hybridized carbons (Fsp3) is 0.462. The van der Waals surface area contributed by atoms with E-state index in [1.54, 1.807) is 23.1 Å². The van der Waals surface area contributed by atoms with E-state index < -0.39 is 0 Å². The van der Waals surface area contributed by atoms with E-state index in [1.165, 1.54) is 6.07 Å². The van der Waals surface area contributed by atoms with Crippen molar-refractivity contribution in [1.29, 1.82) is 0 Å². The molecule has 1 N–H and O–H groups in total. The summed E-state index contributed by atoms with van der Waals surface area (Å²) in [5.74, 6) is 0.133. The summed E-state index contributed by atoms with van der Waals surface area (Å²) in [5, 5.41) is 3.06. The van der Waals surface area contributed by atoms with Gasteiger partial charge in [-0.05, 0) is 12.0 Å². The third kappa shape index (κ3) is 2.47. The molecule has 4 heteroatoms. The van der Waals surface area contributed by atoms with Crippen molar-refractivity contribution in [2.75, 3.05) is 13.1 Å². The smallest absolute Gasteiger partial charge is 0.238 e. The minimum atomic E-state index is -0.328. The molecule has 1 aliphatic heterocycles. The second kappa shape index (κ2) is 4.84. The quantitative estimate of drug-likeness (QED) is 0.869. The molecule has 0 saturated carbocycles. The van der Waals surface area contributed by atoms with Crippen molar-refractivity contribution in [3.05, 3.63) is 35.6 Å². The fourth-order valence-corrected chi connectivity index (χ4v) is 2.12. The molecular formula is C13H17FN2O. The van der Waals surface area contributed by atoms with E-state index in [0.717, 1.165) is 0 Å². The van der Waals surface area contributed by atoms with Crippen LogP contribution in [0.1, 0.15) is 25.6 Å². The lowest BCUT2D eigenvalue weighted by atomic mass is 10.1. The fourth-order valence-electron chi connectivity index (χ4n) is 2.12. The second-order valence-electron chi connectivity index (χ2n) is 4.74. The van der Waals surface area contributed by atoms with Crippen LogP contribution in [0.25, 0.3) is 0 Å². The number of rotatable bonds is 3. The zero-order chi connectivity index (χ0) is 12.4. The van der Waals surface area contributed by atoms with Crippen molar-refractivity contribution < 1.29 is 9.18 Å². The van der Waals surface area contributed by atoms with E-state index >= 15 is 0 Å². The summed E-state index contributed by atoms with van der Waals surface area (Å²) in [6, 6.07) is 6.59. The van der Waals surface area contributed by atoms with Crippen LogP contribution in [0.4, 0.5) is 4.39 Å². The van der Waals surface area contributed by atoms with Crippen molar-refractivity contribution >= 4 is 5.91 Å². The summed E-state index contributed by atoms with van der Waals surface area (Å²) >= 11 is 0. The van der Waals surface area contributed by atoms with Crippen molar-refractivity contribution in [1.82, 2.24) is 10.2 Å². The Morgan fingerprint density at radius 2 is 2.18 bits per heavy atom. The average Bonchev–Trinajstić information content (AvgIpc) is 2.61. The predicted octanol–water partition coefficient (Wildman–Crippen LogP) is 1.91. The maximum Gasteiger partial charge on any atom is 0.238 e. The van der Waals surface area contributed by atoms with E-state index in [0.29, 0.717) is 18.0 Å². The largest absolute Gasteiger partial charge is 0.321 e. The highest BCUT2D eigenvalue weighted by Gasteiger charge is 2.33.